The van der Waals surface area contributed by atoms with E-state index < -0.39 is 0 Å². The molecule has 0 radical (unpaired) electrons. The van der Waals surface area contributed by atoms with Gasteiger partial charge >= 0.3 is 0 Å². The van der Waals surface area contributed by atoms with Gasteiger partial charge in [-0.05, 0) is 19.3 Å². The monoisotopic (exact) mass is 248 g/mol. The molecule has 1 aliphatic rings. The molecule has 1 aliphatic carbocycles. The fraction of sp³-hybridized carbons (Fsp3) is 0.714. The molecule has 1 unspecified atom stereocenters. The SMILES string of the molecule is CNc1cc(NC(C)CC2CC2)nc(C(C)C)n1. The van der Waals surface area contributed by atoms with Crippen LogP contribution in [0, 0.1) is 5.92 Å². The summed E-state index contributed by atoms with van der Waals surface area (Å²) in [6.07, 6.45) is 4.04. The lowest BCUT2D eigenvalue weighted by atomic mass is 10.1. The molecule has 18 heavy (non-hydrogen) atoms. The van der Waals surface area contributed by atoms with Crippen molar-refractivity contribution in [1.82, 2.24) is 9.97 Å². The zero-order valence-electron chi connectivity index (χ0n) is 11.8. The molecule has 100 valence electrons. The number of hydrogen-bond acceptors (Lipinski definition) is 4. The molecule has 1 heterocycles. The summed E-state index contributed by atoms with van der Waals surface area (Å²) < 4.78 is 0. The number of nitrogens with zero attached hydrogens (tertiary/aromatic N) is 2. The topological polar surface area (TPSA) is 49.8 Å². The van der Waals surface area contributed by atoms with Crippen LogP contribution in [0.1, 0.15) is 51.8 Å². The Morgan fingerprint density at radius 2 is 1.89 bits per heavy atom. The minimum absolute atomic E-state index is 0.345. The Balaban J connectivity index is 2.07. The van der Waals surface area contributed by atoms with Crippen LogP contribution >= 0.6 is 0 Å². The molecule has 0 aromatic carbocycles. The predicted octanol–water partition coefficient (Wildman–Crippen LogP) is 3.24. The highest BCUT2D eigenvalue weighted by atomic mass is 15.1. The Labute approximate surface area is 110 Å². The van der Waals surface area contributed by atoms with E-state index in [4.69, 9.17) is 0 Å². The summed E-state index contributed by atoms with van der Waals surface area (Å²) in [6, 6.07) is 2.46. The van der Waals surface area contributed by atoms with Crippen LogP contribution in [0.2, 0.25) is 0 Å². The molecule has 0 aliphatic heterocycles. The highest BCUT2D eigenvalue weighted by Crippen LogP contribution is 2.34. The molecule has 4 nitrogen and oxygen atoms in total. The second-order valence-corrected chi connectivity index (χ2v) is 5.63. The lowest BCUT2D eigenvalue weighted by molar-refractivity contribution is 0.638. The molecule has 4 heteroatoms. The maximum absolute atomic E-state index is 4.59. The fourth-order valence-corrected chi connectivity index (χ4v) is 2.09. The molecular formula is C14H24N4. The van der Waals surface area contributed by atoms with Crippen molar-refractivity contribution in [2.45, 2.75) is 52.0 Å². The second-order valence-electron chi connectivity index (χ2n) is 5.63. The summed E-state index contributed by atoms with van der Waals surface area (Å²) in [7, 11) is 1.89. The maximum atomic E-state index is 4.59. The van der Waals surface area contributed by atoms with Gasteiger partial charge in [-0.2, -0.15) is 0 Å². The van der Waals surface area contributed by atoms with Gasteiger partial charge in [0.25, 0.3) is 0 Å². The van der Waals surface area contributed by atoms with Crippen LogP contribution in [0.25, 0.3) is 0 Å². The highest BCUT2D eigenvalue weighted by molar-refractivity contribution is 5.48. The molecule has 0 saturated heterocycles. The van der Waals surface area contributed by atoms with Crippen molar-refractivity contribution in [3.05, 3.63) is 11.9 Å². The molecule has 1 fully saturated rings. The first-order chi connectivity index (χ1) is 8.58. The van der Waals surface area contributed by atoms with Gasteiger partial charge in [-0.3, -0.25) is 0 Å². The zero-order chi connectivity index (χ0) is 13.1. The van der Waals surface area contributed by atoms with Gasteiger partial charge < -0.3 is 10.6 Å². The molecular weight excluding hydrogens is 224 g/mol. The fourth-order valence-electron chi connectivity index (χ4n) is 2.09. The van der Waals surface area contributed by atoms with Crippen LogP contribution in [-0.2, 0) is 0 Å². The Kier molecular flexibility index (Phi) is 4.04. The van der Waals surface area contributed by atoms with Gasteiger partial charge in [-0.25, -0.2) is 9.97 Å². The van der Waals surface area contributed by atoms with Crippen LogP contribution in [-0.4, -0.2) is 23.1 Å². The molecule has 0 bridgehead atoms. The number of hydrogen-bond donors (Lipinski definition) is 2. The van der Waals surface area contributed by atoms with E-state index >= 15 is 0 Å². The van der Waals surface area contributed by atoms with Crippen molar-refractivity contribution in [1.29, 1.82) is 0 Å². The normalized spacial score (nSPS) is 16.7. The molecule has 0 amide bonds. The highest BCUT2D eigenvalue weighted by Gasteiger charge is 2.23. The lowest BCUT2D eigenvalue weighted by Crippen LogP contribution is -2.18. The van der Waals surface area contributed by atoms with Crippen LogP contribution in [0.3, 0.4) is 0 Å². The molecule has 1 saturated carbocycles. The molecule has 0 spiro atoms. The average Bonchev–Trinajstić information content (AvgIpc) is 3.12. The van der Waals surface area contributed by atoms with Gasteiger partial charge in [0.2, 0.25) is 0 Å². The number of anilines is 2. The van der Waals surface area contributed by atoms with Gasteiger partial charge in [-0.1, -0.05) is 26.7 Å². The van der Waals surface area contributed by atoms with Crippen LogP contribution in [0.15, 0.2) is 6.07 Å². The summed E-state index contributed by atoms with van der Waals surface area (Å²) in [5.41, 5.74) is 0. The van der Waals surface area contributed by atoms with Gasteiger partial charge in [0.05, 0.1) is 0 Å². The minimum atomic E-state index is 0.345. The van der Waals surface area contributed by atoms with Crippen molar-refractivity contribution >= 4 is 11.6 Å². The predicted molar refractivity (Wildman–Crippen MR) is 76.1 cm³/mol. The first kappa shape index (κ1) is 13.1. The van der Waals surface area contributed by atoms with Crippen LogP contribution < -0.4 is 10.6 Å². The number of nitrogens with one attached hydrogen (secondary N) is 2. The van der Waals surface area contributed by atoms with Crippen molar-refractivity contribution in [2.24, 2.45) is 5.92 Å². The molecule has 1 atom stereocenters. The van der Waals surface area contributed by atoms with E-state index in [2.05, 4.69) is 41.4 Å². The summed E-state index contributed by atoms with van der Waals surface area (Å²) in [4.78, 5) is 9.06. The van der Waals surface area contributed by atoms with Crippen molar-refractivity contribution in [3.8, 4) is 0 Å². The summed E-state index contributed by atoms with van der Waals surface area (Å²) in [6.45, 7) is 6.47. The first-order valence-electron chi connectivity index (χ1n) is 6.91. The third-order valence-electron chi connectivity index (χ3n) is 3.29. The molecule has 2 N–H and O–H groups in total. The average molecular weight is 248 g/mol. The van der Waals surface area contributed by atoms with E-state index in [1.807, 2.05) is 13.1 Å². The van der Waals surface area contributed by atoms with Gasteiger partial charge in [0, 0.05) is 25.1 Å². The van der Waals surface area contributed by atoms with E-state index in [9.17, 15) is 0 Å². The Morgan fingerprint density at radius 3 is 2.44 bits per heavy atom. The van der Waals surface area contributed by atoms with Crippen molar-refractivity contribution < 1.29 is 0 Å². The zero-order valence-corrected chi connectivity index (χ0v) is 11.8. The van der Waals surface area contributed by atoms with E-state index in [-0.39, 0.29) is 0 Å². The van der Waals surface area contributed by atoms with Crippen molar-refractivity contribution in [3.63, 3.8) is 0 Å². The third kappa shape index (κ3) is 3.59. The Morgan fingerprint density at radius 1 is 1.22 bits per heavy atom. The Hall–Kier alpha value is -1.32. The van der Waals surface area contributed by atoms with Crippen LogP contribution in [0.5, 0.6) is 0 Å². The summed E-state index contributed by atoms with van der Waals surface area (Å²) in [5, 5.41) is 6.59. The number of rotatable bonds is 6. The molecule has 1 aromatic heterocycles. The van der Waals surface area contributed by atoms with E-state index in [1.54, 1.807) is 0 Å². The first-order valence-corrected chi connectivity index (χ1v) is 6.91. The smallest absolute Gasteiger partial charge is 0.135 e. The van der Waals surface area contributed by atoms with E-state index in [0.29, 0.717) is 12.0 Å². The third-order valence-corrected chi connectivity index (χ3v) is 3.29. The van der Waals surface area contributed by atoms with E-state index in [0.717, 1.165) is 23.4 Å². The standard InChI is InChI=1S/C14H24N4/c1-9(2)14-17-12(15-4)8-13(18-14)16-10(3)7-11-5-6-11/h8-11H,5-7H2,1-4H3,(H2,15,16,17,18). The Bertz CT molecular complexity index is 399. The molecule has 2 rings (SSSR count). The van der Waals surface area contributed by atoms with Crippen molar-refractivity contribution in [2.75, 3.05) is 17.7 Å². The van der Waals surface area contributed by atoms with Crippen LogP contribution in [0.4, 0.5) is 11.6 Å². The molecule has 1 aromatic rings. The minimum Gasteiger partial charge on any atom is -0.373 e. The van der Waals surface area contributed by atoms with E-state index in [1.165, 1.54) is 19.3 Å². The largest absolute Gasteiger partial charge is 0.373 e. The van der Waals surface area contributed by atoms with Gasteiger partial charge in [-0.15, -0.1) is 0 Å². The maximum Gasteiger partial charge on any atom is 0.135 e. The van der Waals surface area contributed by atoms with Gasteiger partial charge in [0.1, 0.15) is 17.5 Å². The van der Waals surface area contributed by atoms with Gasteiger partial charge in [0.15, 0.2) is 0 Å². The number of aromatic nitrogens is 2. The quantitative estimate of drug-likeness (QED) is 0.811. The second kappa shape index (κ2) is 5.55. The summed E-state index contributed by atoms with van der Waals surface area (Å²) >= 11 is 0. The summed E-state index contributed by atoms with van der Waals surface area (Å²) in [5.74, 6) is 3.99. The lowest BCUT2D eigenvalue weighted by Gasteiger charge is -2.16.